The molecule has 3 nitrogen and oxygen atoms in total. The van der Waals surface area contributed by atoms with Gasteiger partial charge in [-0.1, -0.05) is 18.1 Å². The van der Waals surface area contributed by atoms with Crippen molar-refractivity contribution in [1.29, 1.82) is 0 Å². The van der Waals surface area contributed by atoms with E-state index in [-0.39, 0.29) is 12.4 Å². The molecule has 0 heterocycles. The van der Waals surface area contributed by atoms with E-state index in [0.29, 0.717) is 0 Å². The van der Waals surface area contributed by atoms with Gasteiger partial charge in [0.25, 0.3) is 0 Å². The lowest BCUT2D eigenvalue weighted by Crippen LogP contribution is -2.25. The summed E-state index contributed by atoms with van der Waals surface area (Å²) in [6.07, 6.45) is 0.273. The first-order valence-electron chi connectivity index (χ1n) is 5.75. The van der Waals surface area contributed by atoms with Crippen molar-refractivity contribution in [1.82, 2.24) is 0 Å². The van der Waals surface area contributed by atoms with Crippen molar-refractivity contribution in [3.05, 3.63) is 29.8 Å². The molecule has 1 rings (SSSR count). The van der Waals surface area contributed by atoms with Crippen LogP contribution in [0.15, 0.2) is 24.3 Å². The molecule has 0 amide bonds. The first kappa shape index (κ1) is 14.1. The highest BCUT2D eigenvalue weighted by Crippen LogP contribution is 2.18. The molecule has 0 spiro atoms. The van der Waals surface area contributed by atoms with Crippen LogP contribution in [0.5, 0.6) is 5.75 Å². The summed E-state index contributed by atoms with van der Waals surface area (Å²) in [7, 11) is 1.38. The molecule has 1 aromatic carbocycles. The van der Waals surface area contributed by atoms with Gasteiger partial charge < -0.3 is 9.47 Å². The number of benzene rings is 1. The average Bonchev–Trinajstić information content (AvgIpc) is 2.31. The van der Waals surface area contributed by atoms with Gasteiger partial charge in [-0.15, -0.1) is 5.92 Å². The second kappa shape index (κ2) is 6.11. The third-order valence-corrected chi connectivity index (χ3v) is 2.30. The molecular weight excluding hydrogens is 228 g/mol. The Morgan fingerprint density at radius 3 is 2.39 bits per heavy atom. The Morgan fingerprint density at radius 1 is 1.28 bits per heavy atom. The number of hydrogen-bond acceptors (Lipinski definition) is 3. The fourth-order valence-electron chi connectivity index (χ4n) is 1.54. The number of rotatable bonds is 4. The minimum atomic E-state index is -0.515. The van der Waals surface area contributed by atoms with Gasteiger partial charge in [-0.3, -0.25) is 4.79 Å². The van der Waals surface area contributed by atoms with E-state index in [9.17, 15) is 4.79 Å². The van der Waals surface area contributed by atoms with Crippen molar-refractivity contribution in [2.45, 2.75) is 32.8 Å². The molecule has 0 aliphatic heterocycles. The maximum atomic E-state index is 11.1. The molecule has 0 saturated carbocycles. The zero-order chi connectivity index (χ0) is 13.6. The minimum Gasteiger partial charge on any atom is -0.475 e. The van der Waals surface area contributed by atoms with E-state index < -0.39 is 5.60 Å². The number of hydrogen-bond donors (Lipinski definition) is 0. The largest absolute Gasteiger partial charge is 0.475 e. The zero-order valence-corrected chi connectivity index (χ0v) is 11.2. The lowest BCUT2D eigenvalue weighted by atomic mass is 10.1. The van der Waals surface area contributed by atoms with Crippen LogP contribution in [0.3, 0.4) is 0 Å². The van der Waals surface area contributed by atoms with Gasteiger partial charge in [0, 0.05) is 0 Å². The standard InChI is InChI=1S/C15H18O3/c1-5-10-15(2,3)18-13-8-6-12(7-9-13)11-14(16)17-4/h6-9H,11H2,1-4H3. The monoisotopic (exact) mass is 246 g/mol. The van der Waals surface area contributed by atoms with E-state index >= 15 is 0 Å². The van der Waals surface area contributed by atoms with Crippen LogP contribution in [0.25, 0.3) is 0 Å². The van der Waals surface area contributed by atoms with Gasteiger partial charge in [0.1, 0.15) is 5.75 Å². The predicted molar refractivity (Wildman–Crippen MR) is 70.3 cm³/mol. The summed E-state index contributed by atoms with van der Waals surface area (Å²) in [6.45, 7) is 5.60. The van der Waals surface area contributed by atoms with E-state index in [1.165, 1.54) is 7.11 Å². The summed E-state index contributed by atoms with van der Waals surface area (Å²) >= 11 is 0. The van der Waals surface area contributed by atoms with Gasteiger partial charge in [0.15, 0.2) is 5.60 Å². The molecule has 3 heteroatoms. The van der Waals surface area contributed by atoms with Gasteiger partial charge >= 0.3 is 5.97 Å². The second-order valence-corrected chi connectivity index (χ2v) is 4.38. The van der Waals surface area contributed by atoms with E-state index in [4.69, 9.17) is 4.74 Å². The molecule has 0 radical (unpaired) electrons. The molecule has 0 atom stereocenters. The molecule has 0 unspecified atom stereocenters. The maximum Gasteiger partial charge on any atom is 0.309 e. The molecule has 1 aromatic rings. The molecule has 0 aliphatic rings. The van der Waals surface area contributed by atoms with Gasteiger partial charge in [0.05, 0.1) is 13.5 Å². The van der Waals surface area contributed by atoms with Crippen LogP contribution in [-0.4, -0.2) is 18.7 Å². The van der Waals surface area contributed by atoms with Gasteiger partial charge in [0.2, 0.25) is 0 Å². The highest BCUT2D eigenvalue weighted by molar-refractivity contribution is 5.72. The topological polar surface area (TPSA) is 35.5 Å². The first-order chi connectivity index (χ1) is 8.46. The summed E-state index contributed by atoms with van der Waals surface area (Å²) < 4.78 is 10.3. The summed E-state index contributed by atoms with van der Waals surface area (Å²) in [4.78, 5) is 11.1. The van der Waals surface area contributed by atoms with Crippen molar-refractivity contribution in [3.63, 3.8) is 0 Å². The number of methoxy groups -OCH3 is 1. The molecule has 0 bridgehead atoms. The van der Waals surface area contributed by atoms with Crippen LogP contribution >= 0.6 is 0 Å². The molecule has 0 aliphatic carbocycles. The minimum absolute atomic E-state index is 0.249. The van der Waals surface area contributed by atoms with Crippen LogP contribution in [0.4, 0.5) is 0 Å². The molecule has 0 saturated heterocycles. The number of esters is 1. The quantitative estimate of drug-likeness (QED) is 0.605. The van der Waals surface area contributed by atoms with Crippen molar-refractivity contribution in [3.8, 4) is 17.6 Å². The first-order valence-corrected chi connectivity index (χ1v) is 5.75. The Balaban J connectivity index is 2.70. The summed E-state index contributed by atoms with van der Waals surface area (Å²) in [6, 6.07) is 7.36. The molecule has 0 fully saturated rings. The maximum absolute atomic E-state index is 11.1. The Hall–Kier alpha value is -1.95. The predicted octanol–water partition coefficient (Wildman–Crippen LogP) is 2.58. The van der Waals surface area contributed by atoms with E-state index in [1.807, 2.05) is 38.1 Å². The third-order valence-electron chi connectivity index (χ3n) is 2.30. The van der Waals surface area contributed by atoms with Gasteiger partial charge in [-0.25, -0.2) is 0 Å². The highest BCUT2D eigenvalue weighted by atomic mass is 16.5. The van der Waals surface area contributed by atoms with Gasteiger partial charge in [-0.05, 0) is 38.5 Å². The van der Waals surface area contributed by atoms with E-state index in [0.717, 1.165) is 11.3 Å². The highest BCUT2D eigenvalue weighted by Gasteiger charge is 2.15. The third kappa shape index (κ3) is 4.50. The lowest BCUT2D eigenvalue weighted by molar-refractivity contribution is -0.139. The van der Waals surface area contributed by atoms with Crippen LogP contribution in [0.1, 0.15) is 26.3 Å². The van der Waals surface area contributed by atoms with Crippen LogP contribution in [0, 0.1) is 11.8 Å². The van der Waals surface area contributed by atoms with Crippen molar-refractivity contribution in [2.75, 3.05) is 7.11 Å². The Kier molecular flexibility index (Phi) is 4.79. The van der Waals surface area contributed by atoms with Crippen molar-refractivity contribution >= 4 is 5.97 Å². The molecule has 0 aromatic heterocycles. The van der Waals surface area contributed by atoms with Crippen LogP contribution in [-0.2, 0) is 16.0 Å². The average molecular weight is 246 g/mol. The lowest BCUT2D eigenvalue weighted by Gasteiger charge is -2.20. The van der Waals surface area contributed by atoms with Crippen molar-refractivity contribution < 1.29 is 14.3 Å². The molecular formula is C15H18O3. The van der Waals surface area contributed by atoms with E-state index in [1.54, 1.807) is 6.92 Å². The normalized spacial score (nSPS) is 10.2. The van der Waals surface area contributed by atoms with Crippen LogP contribution in [0.2, 0.25) is 0 Å². The van der Waals surface area contributed by atoms with E-state index in [2.05, 4.69) is 16.6 Å². The Morgan fingerprint density at radius 2 is 1.89 bits per heavy atom. The summed E-state index contributed by atoms with van der Waals surface area (Å²) in [5.74, 6) is 6.30. The Bertz CT molecular complexity index is 461. The molecule has 0 N–H and O–H groups in total. The van der Waals surface area contributed by atoms with Gasteiger partial charge in [-0.2, -0.15) is 0 Å². The molecule has 18 heavy (non-hydrogen) atoms. The fraction of sp³-hybridized carbons (Fsp3) is 0.400. The van der Waals surface area contributed by atoms with Crippen molar-refractivity contribution in [2.24, 2.45) is 0 Å². The Labute approximate surface area is 108 Å². The smallest absolute Gasteiger partial charge is 0.309 e. The SMILES string of the molecule is CC#CC(C)(C)Oc1ccc(CC(=O)OC)cc1. The second-order valence-electron chi connectivity index (χ2n) is 4.38. The zero-order valence-electron chi connectivity index (χ0n) is 11.2. The molecule has 96 valence electrons. The van der Waals surface area contributed by atoms with Crippen LogP contribution < -0.4 is 4.74 Å². The fourth-order valence-corrected chi connectivity index (χ4v) is 1.54. The number of ether oxygens (including phenoxy) is 2. The summed E-state index contributed by atoms with van der Waals surface area (Å²) in [5.41, 5.74) is 0.382. The number of carbonyl (C=O) groups is 1. The number of carbonyl (C=O) groups excluding carboxylic acids is 1. The summed E-state index contributed by atoms with van der Waals surface area (Å²) in [5, 5.41) is 0.